The Morgan fingerprint density at radius 3 is 2.44 bits per heavy atom. The predicted molar refractivity (Wildman–Crippen MR) is 67.6 cm³/mol. The average Bonchev–Trinajstić information content (AvgIpc) is 2.59. The maximum absolute atomic E-state index is 5.43. The average molecular weight is 225 g/mol. The first-order valence-corrected chi connectivity index (χ1v) is 6.93. The Labute approximate surface area is 100 Å². The molecule has 0 aromatic heterocycles. The molecule has 0 aromatic rings. The third-order valence-corrected chi connectivity index (χ3v) is 4.69. The van der Waals surface area contributed by atoms with Crippen molar-refractivity contribution in [3.05, 3.63) is 0 Å². The Hall–Kier alpha value is -0.0800. The van der Waals surface area contributed by atoms with E-state index in [9.17, 15) is 0 Å². The Morgan fingerprint density at radius 1 is 1.19 bits per heavy atom. The van der Waals surface area contributed by atoms with Crippen molar-refractivity contribution in [3.63, 3.8) is 0 Å². The predicted octanol–water partition coefficient (Wildman–Crippen LogP) is 2.97. The van der Waals surface area contributed by atoms with Crippen molar-refractivity contribution >= 4 is 0 Å². The van der Waals surface area contributed by atoms with Crippen molar-refractivity contribution in [2.45, 2.75) is 65.0 Å². The Bertz CT molecular complexity index is 221. The number of ether oxygens (including phenoxy) is 1. The molecule has 16 heavy (non-hydrogen) atoms. The van der Waals surface area contributed by atoms with E-state index in [1.165, 1.54) is 32.1 Å². The molecule has 0 aromatic carbocycles. The van der Waals surface area contributed by atoms with E-state index in [0.29, 0.717) is 11.5 Å². The summed E-state index contributed by atoms with van der Waals surface area (Å²) in [4.78, 5) is 0. The van der Waals surface area contributed by atoms with Crippen LogP contribution in [0.4, 0.5) is 0 Å². The lowest BCUT2D eigenvalue weighted by Gasteiger charge is -2.35. The van der Waals surface area contributed by atoms with Crippen molar-refractivity contribution in [2.75, 3.05) is 13.2 Å². The molecule has 2 atom stereocenters. The van der Waals surface area contributed by atoms with Crippen LogP contribution in [0.1, 0.15) is 52.9 Å². The van der Waals surface area contributed by atoms with Crippen LogP contribution in [0.5, 0.6) is 0 Å². The van der Waals surface area contributed by atoms with Gasteiger partial charge in [-0.2, -0.15) is 0 Å². The second kappa shape index (κ2) is 5.05. The smallest absolute Gasteiger partial charge is 0.0469 e. The molecular formula is C14H27NO. The SMILES string of the molecule is CC(NC1CCCC1(C)C)C1CCOCC1. The van der Waals surface area contributed by atoms with Gasteiger partial charge < -0.3 is 10.1 Å². The molecule has 2 unspecified atom stereocenters. The quantitative estimate of drug-likeness (QED) is 0.797. The van der Waals surface area contributed by atoms with E-state index in [-0.39, 0.29) is 0 Å². The molecule has 1 heterocycles. The fourth-order valence-electron chi connectivity index (χ4n) is 3.30. The monoisotopic (exact) mass is 225 g/mol. The molecule has 1 saturated carbocycles. The van der Waals surface area contributed by atoms with Crippen LogP contribution in [-0.4, -0.2) is 25.3 Å². The molecule has 0 radical (unpaired) electrons. The molecule has 1 aliphatic heterocycles. The van der Waals surface area contributed by atoms with E-state index in [2.05, 4.69) is 26.1 Å². The number of rotatable bonds is 3. The van der Waals surface area contributed by atoms with E-state index in [1.807, 2.05) is 0 Å². The van der Waals surface area contributed by atoms with Crippen LogP contribution in [0.3, 0.4) is 0 Å². The number of hydrogen-bond acceptors (Lipinski definition) is 2. The van der Waals surface area contributed by atoms with Gasteiger partial charge in [0.05, 0.1) is 0 Å². The maximum Gasteiger partial charge on any atom is 0.0469 e. The summed E-state index contributed by atoms with van der Waals surface area (Å²) >= 11 is 0. The standard InChI is InChI=1S/C14H27NO/c1-11(12-6-9-16-10-7-12)15-13-5-4-8-14(13,2)3/h11-13,15H,4-10H2,1-3H3. The van der Waals surface area contributed by atoms with E-state index >= 15 is 0 Å². The number of nitrogens with one attached hydrogen (secondary N) is 1. The van der Waals surface area contributed by atoms with Crippen LogP contribution in [0, 0.1) is 11.3 Å². The van der Waals surface area contributed by atoms with Crippen molar-refractivity contribution in [3.8, 4) is 0 Å². The minimum Gasteiger partial charge on any atom is -0.381 e. The van der Waals surface area contributed by atoms with Gasteiger partial charge >= 0.3 is 0 Å². The molecule has 0 amide bonds. The minimum atomic E-state index is 0.499. The molecule has 94 valence electrons. The molecule has 2 aliphatic rings. The normalized spacial score (nSPS) is 32.8. The zero-order valence-electron chi connectivity index (χ0n) is 11.1. The third kappa shape index (κ3) is 2.78. The maximum atomic E-state index is 5.43. The van der Waals surface area contributed by atoms with Crippen LogP contribution in [0.2, 0.25) is 0 Å². The van der Waals surface area contributed by atoms with Gasteiger partial charge in [0, 0.05) is 25.3 Å². The molecule has 0 spiro atoms. The Balaban J connectivity index is 1.84. The summed E-state index contributed by atoms with van der Waals surface area (Å²) in [6.45, 7) is 9.11. The van der Waals surface area contributed by atoms with Gasteiger partial charge in [0.1, 0.15) is 0 Å². The van der Waals surface area contributed by atoms with Crippen molar-refractivity contribution < 1.29 is 4.74 Å². The molecule has 1 aliphatic carbocycles. The highest BCUT2D eigenvalue weighted by atomic mass is 16.5. The second-order valence-electron chi connectivity index (χ2n) is 6.34. The molecule has 1 saturated heterocycles. The molecule has 0 bridgehead atoms. The molecule has 2 fully saturated rings. The molecule has 2 rings (SSSR count). The van der Waals surface area contributed by atoms with Gasteiger partial charge in [-0.15, -0.1) is 0 Å². The summed E-state index contributed by atoms with van der Waals surface area (Å²) in [6.07, 6.45) is 6.61. The van der Waals surface area contributed by atoms with Crippen molar-refractivity contribution in [1.29, 1.82) is 0 Å². The van der Waals surface area contributed by atoms with Crippen molar-refractivity contribution in [1.82, 2.24) is 5.32 Å². The lowest BCUT2D eigenvalue weighted by molar-refractivity contribution is 0.0522. The number of hydrogen-bond donors (Lipinski definition) is 1. The highest BCUT2D eigenvalue weighted by molar-refractivity contribution is 4.92. The fourth-order valence-corrected chi connectivity index (χ4v) is 3.30. The highest BCUT2D eigenvalue weighted by Gasteiger charge is 2.36. The first-order valence-electron chi connectivity index (χ1n) is 6.93. The third-order valence-electron chi connectivity index (χ3n) is 4.69. The van der Waals surface area contributed by atoms with E-state index in [0.717, 1.165) is 25.2 Å². The summed E-state index contributed by atoms with van der Waals surface area (Å²) in [6, 6.07) is 1.39. The lowest BCUT2D eigenvalue weighted by Crippen LogP contribution is -2.46. The highest BCUT2D eigenvalue weighted by Crippen LogP contribution is 2.38. The molecule has 2 heteroatoms. The lowest BCUT2D eigenvalue weighted by atomic mass is 9.85. The summed E-state index contributed by atoms with van der Waals surface area (Å²) in [7, 11) is 0. The Morgan fingerprint density at radius 2 is 1.88 bits per heavy atom. The minimum absolute atomic E-state index is 0.499. The largest absolute Gasteiger partial charge is 0.381 e. The van der Waals surface area contributed by atoms with Crippen LogP contribution in [0.15, 0.2) is 0 Å². The van der Waals surface area contributed by atoms with E-state index in [1.54, 1.807) is 0 Å². The van der Waals surface area contributed by atoms with Gasteiger partial charge in [-0.3, -0.25) is 0 Å². The summed E-state index contributed by atoms with van der Waals surface area (Å²) in [5.74, 6) is 0.824. The molecular weight excluding hydrogens is 198 g/mol. The van der Waals surface area contributed by atoms with Crippen LogP contribution in [-0.2, 0) is 4.74 Å². The first kappa shape index (κ1) is 12.4. The van der Waals surface area contributed by atoms with Crippen LogP contribution >= 0.6 is 0 Å². The van der Waals surface area contributed by atoms with E-state index < -0.39 is 0 Å². The van der Waals surface area contributed by atoms with Gasteiger partial charge in [0.2, 0.25) is 0 Å². The molecule has 2 nitrogen and oxygen atoms in total. The topological polar surface area (TPSA) is 21.3 Å². The zero-order valence-corrected chi connectivity index (χ0v) is 11.1. The fraction of sp³-hybridized carbons (Fsp3) is 1.00. The van der Waals surface area contributed by atoms with Gasteiger partial charge in [0.15, 0.2) is 0 Å². The van der Waals surface area contributed by atoms with Gasteiger partial charge in [-0.05, 0) is 43.9 Å². The summed E-state index contributed by atoms with van der Waals surface area (Å²) in [5, 5.41) is 3.88. The summed E-state index contributed by atoms with van der Waals surface area (Å²) < 4.78 is 5.43. The van der Waals surface area contributed by atoms with Gasteiger partial charge in [-0.25, -0.2) is 0 Å². The van der Waals surface area contributed by atoms with Gasteiger partial charge in [-0.1, -0.05) is 20.3 Å². The van der Waals surface area contributed by atoms with Crippen molar-refractivity contribution in [2.24, 2.45) is 11.3 Å². The van der Waals surface area contributed by atoms with E-state index in [4.69, 9.17) is 4.74 Å². The van der Waals surface area contributed by atoms with Gasteiger partial charge in [0.25, 0.3) is 0 Å². The zero-order chi connectivity index (χ0) is 11.6. The molecule has 1 N–H and O–H groups in total. The Kier molecular flexibility index (Phi) is 3.91. The van der Waals surface area contributed by atoms with Crippen LogP contribution < -0.4 is 5.32 Å². The first-order chi connectivity index (χ1) is 7.59. The summed E-state index contributed by atoms with van der Waals surface area (Å²) in [5.41, 5.74) is 0.499. The second-order valence-corrected chi connectivity index (χ2v) is 6.34. The van der Waals surface area contributed by atoms with Crippen LogP contribution in [0.25, 0.3) is 0 Å².